The van der Waals surface area contributed by atoms with Gasteiger partial charge < -0.3 is 0 Å². The lowest BCUT2D eigenvalue weighted by Crippen LogP contribution is -1.81. The van der Waals surface area contributed by atoms with Gasteiger partial charge in [0.2, 0.25) is 0 Å². The van der Waals surface area contributed by atoms with E-state index in [1.165, 1.54) is 0 Å². The molecular weight excluding hydrogens is 134 g/mol. The Morgan fingerprint density at radius 3 is 2.22 bits per heavy atom. The average Bonchev–Trinajstić information content (AvgIpc) is 1.90. The lowest BCUT2D eigenvalue weighted by Gasteiger charge is -1.92. The number of hydrogen-bond acceptors (Lipinski definition) is 0. The van der Waals surface area contributed by atoms with E-state index >= 15 is 0 Å². The monoisotopic (exact) mass is 140 g/mol. The van der Waals surface area contributed by atoms with Crippen molar-refractivity contribution in [2.75, 3.05) is 0 Å². The molecule has 0 bridgehead atoms. The maximum absolute atomic E-state index is 6.97. The minimum Gasteiger partial charge on any atom is -0.253 e. The fourth-order valence-corrected chi connectivity index (χ4v) is 0.728. The van der Waals surface area contributed by atoms with Crippen molar-refractivity contribution in [1.29, 1.82) is 0 Å². The first-order valence-corrected chi connectivity index (χ1v) is 3.10. The van der Waals surface area contributed by atoms with E-state index < -0.39 is 0 Å². The molecule has 0 aliphatic rings. The Morgan fingerprint density at radius 1 is 1.22 bits per heavy atom. The molecule has 1 aromatic rings. The third-order valence-electron chi connectivity index (χ3n) is 1.12. The van der Waals surface area contributed by atoms with Gasteiger partial charge in [0, 0.05) is 11.6 Å². The quantitative estimate of drug-likeness (QED) is 0.571. The van der Waals surface area contributed by atoms with Crippen LogP contribution < -0.4 is 5.73 Å². The topological polar surface area (TPSA) is 23.8 Å². The number of rotatable bonds is 1. The average molecular weight is 141 g/mol. The third-order valence-corrected chi connectivity index (χ3v) is 1.37. The highest BCUT2D eigenvalue weighted by atomic mass is 35.5. The molecule has 0 unspecified atom stereocenters. The van der Waals surface area contributed by atoms with Crippen LogP contribution in [0, 0.1) is 0 Å². The summed E-state index contributed by atoms with van der Waals surface area (Å²) < 4.78 is 0. The summed E-state index contributed by atoms with van der Waals surface area (Å²) in [7, 11) is 0. The maximum Gasteiger partial charge on any atom is 0.0406 e. The smallest absolute Gasteiger partial charge is 0.0406 e. The minimum absolute atomic E-state index is 0.331. The molecule has 0 aliphatic heterocycles. The Morgan fingerprint density at radius 2 is 1.78 bits per heavy atom. The number of hydrogen-bond donors (Lipinski definition) is 0. The fourth-order valence-electron chi connectivity index (χ4n) is 0.602. The summed E-state index contributed by atoms with van der Waals surface area (Å²) in [5.74, 6) is 0. The van der Waals surface area contributed by atoms with Crippen molar-refractivity contribution in [3.63, 3.8) is 0 Å². The van der Waals surface area contributed by atoms with Crippen LogP contribution in [0.5, 0.6) is 0 Å². The zero-order chi connectivity index (χ0) is 6.69. The first kappa shape index (κ1) is 6.59. The van der Waals surface area contributed by atoms with Crippen LogP contribution in [0.1, 0.15) is 5.56 Å². The van der Waals surface area contributed by atoms with Crippen LogP contribution in [0.15, 0.2) is 24.3 Å². The van der Waals surface area contributed by atoms with E-state index in [1.54, 1.807) is 12.1 Å². The zero-order valence-corrected chi connectivity index (χ0v) is 5.65. The Labute approximate surface area is 59.4 Å². The SMILES string of the molecule is [NH]Cc1ccc(Cl)cc1. The van der Waals surface area contributed by atoms with E-state index in [4.69, 9.17) is 17.3 Å². The molecule has 0 spiro atoms. The van der Waals surface area contributed by atoms with Crippen LogP contribution >= 0.6 is 11.6 Å². The predicted octanol–water partition coefficient (Wildman–Crippen LogP) is 2.12. The fraction of sp³-hybridized carbons (Fsp3) is 0.143. The van der Waals surface area contributed by atoms with Crippen LogP contribution in [-0.4, -0.2) is 0 Å². The Balaban J connectivity index is 2.88. The van der Waals surface area contributed by atoms with E-state index in [0.717, 1.165) is 10.6 Å². The van der Waals surface area contributed by atoms with Crippen molar-refractivity contribution in [3.05, 3.63) is 34.9 Å². The van der Waals surface area contributed by atoms with Crippen LogP contribution in [0.2, 0.25) is 5.02 Å². The van der Waals surface area contributed by atoms with Gasteiger partial charge in [0.05, 0.1) is 0 Å². The van der Waals surface area contributed by atoms with Crippen LogP contribution in [0.3, 0.4) is 0 Å². The molecule has 0 atom stereocenters. The molecule has 0 heterocycles. The van der Waals surface area contributed by atoms with Crippen LogP contribution in [0.4, 0.5) is 0 Å². The second-order valence-electron chi connectivity index (χ2n) is 1.80. The zero-order valence-electron chi connectivity index (χ0n) is 4.89. The highest BCUT2D eigenvalue weighted by Crippen LogP contribution is 2.08. The molecular formula is C7H7ClN. The Hall–Kier alpha value is -0.530. The van der Waals surface area contributed by atoms with E-state index in [0.29, 0.717) is 6.54 Å². The number of benzene rings is 1. The number of halogens is 1. The van der Waals surface area contributed by atoms with Gasteiger partial charge in [-0.1, -0.05) is 23.7 Å². The summed E-state index contributed by atoms with van der Waals surface area (Å²) >= 11 is 5.61. The molecule has 0 saturated heterocycles. The summed E-state index contributed by atoms with van der Waals surface area (Å²) in [5.41, 5.74) is 7.97. The van der Waals surface area contributed by atoms with E-state index in [1.807, 2.05) is 12.1 Å². The molecule has 0 amide bonds. The molecule has 1 nitrogen and oxygen atoms in total. The first-order chi connectivity index (χ1) is 4.33. The maximum atomic E-state index is 6.97. The van der Waals surface area contributed by atoms with Gasteiger partial charge in [0.1, 0.15) is 0 Å². The molecule has 1 aromatic carbocycles. The van der Waals surface area contributed by atoms with E-state index in [2.05, 4.69) is 0 Å². The lowest BCUT2D eigenvalue weighted by molar-refractivity contribution is 1.03. The first-order valence-electron chi connectivity index (χ1n) is 2.72. The van der Waals surface area contributed by atoms with Crippen molar-refractivity contribution in [2.45, 2.75) is 6.54 Å². The molecule has 47 valence electrons. The van der Waals surface area contributed by atoms with Gasteiger partial charge in [-0.15, -0.1) is 0 Å². The summed E-state index contributed by atoms with van der Waals surface area (Å²) in [4.78, 5) is 0. The van der Waals surface area contributed by atoms with E-state index in [-0.39, 0.29) is 0 Å². The predicted molar refractivity (Wildman–Crippen MR) is 38.3 cm³/mol. The van der Waals surface area contributed by atoms with Crippen LogP contribution in [0.25, 0.3) is 0 Å². The van der Waals surface area contributed by atoms with Gasteiger partial charge in [-0.2, -0.15) is 0 Å². The molecule has 0 saturated carbocycles. The summed E-state index contributed by atoms with van der Waals surface area (Å²) in [5, 5.41) is 0.729. The largest absolute Gasteiger partial charge is 0.253 e. The second-order valence-corrected chi connectivity index (χ2v) is 2.24. The molecule has 0 aliphatic carbocycles. The highest BCUT2D eigenvalue weighted by molar-refractivity contribution is 6.30. The van der Waals surface area contributed by atoms with Crippen molar-refractivity contribution in [2.24, 2.45) is 0 Å². The molecule has 1 N–H and O–H groups in total. The van der Waals surface area contributed by atoms with Crippen LogP contribution in [-0.2, 0) is 6.54 Å². The second kappa shape index (κ2) is 2.85. The van der Waals surface area contributed by atoms with Crippen molar-refractivity contribution in [1.82, 2.24) is 5.73 Å². The van der Waals surface area contributed by atoms with Crippen molar-refractivity contribution < 1.29 is 0 Å². The van der Waals surface area contributed by atoms with Gasteiger partial charge in [-0.25, -0.2) is 0 Å². The summed E-state index contributed by atoms with van der Waals surface area (Å²) in [6.45, 7) is 0.331. The normalized spacial score (nSPS) is 9.56. The molecule has 1 radical (unpaired) electrons. The molecule has 0 aromatic heterocycles. The van der Waals surface area contributed by atoms with Crippen molar-refractivity contribution >= 4 is 11.6 Å². The lowest BCUT2D eigenvalue weighted by atomic mass is 10.2. The van der Waals surface area contributed by atoms with E-state index in [9.17, 15) is 0 Å². The molecule has 9 heavy (non-hydrogen) atoms. The standard InChI is InChI=1S/C7H7ClN/c8-7-3-1-6(5-9)2-4-7/h1-4,9H,5H2. The summed E-state index contributed by atoms with van der Waals surface area (Å²) in [6.07, 6.45) is 0. The third kappa shape index (κ3) is 1.70. The summed E-state index contributed by atoms with van der Waals surface area (Å²) in [6, 6.07) is 7.31. The highest BCUT2D eigenvalue weighted by Gasteiger charge is 1.86. The van der Waals surface area contributed by atoms with Gasteiger partial charge in [0.25, 0.3) is 0 Å². The minimum atomic E-state index is 0.331. The van der Waals surface area contributed by atoms with Gasteiger partial charge in [-0.3, -0.25) is 5.73 Å². The molecule has 2 heteroatoms. The molecule has 0 fully saturated rings. The Kier molecular flexibility index (Phi) is 2.09. The number of nitrogens with one attached hydrogen (secondary N) is 1. The van der Waals surface area contributed by atoms with Gasteiger partial charge in [0.15, 0.2) is 0 Å². The van der Waals surface area contributed by atoms with Gasteiger partial charge >= 0.3 is 0 Å². The molecule has 1 rings (SSSR count). The van der Waals surface area contributed by atoms with Crippen molar-refractivity contribution in [3.8, 4) is 0 Å². The Bertz CT molecular complexity index is 181. The van der Waals surface area contributed by atoms with Gasteiger partial charge in [-0.05, 0) is 17.7 Å².